The van der Waals surface area contributed by atoms with E-state index in [9.17, 15) is 14.4 Å². The Morgan fingerprint density at radius 3 is 2.44 bits per heavy atom. The Bertz CT molecular complexity index is 1000. The van der Waals surface area contributed by atoms with E-state index < -0.39 is 22.7 Å². The molecule has 138 valence electrons. The van der Waals surface area contributed by atoms with Crippen molar-refractivity contribution in [3.05, 3.63) is 63.1 Å². The van der Waals surface area contributed by atoms with Gasteiger partial charge in [-0.1, -0.05) is 34.5 Å². The Hall–Kier alpha value is -1.98. The average molecular weight is 448 g/mol. The maximum atomic E-state index is 13.6. The van der Waals surface area contributed by atoms with Crippen molar-refractivity contribution in [1.29, 1.82) is 0 Å². The van der Waals surface area contributed by atoms with Crippen LogP contribution in [0.2, 0.25) is 5.02 Å². The molecule has 2 aliphatic rings. The normalized spacial score (nSPS) is 28.0. The van der Waals surface area contributed by atoms with Crippen LogP contribution in [0.5, 0.6) is 5.75 Å². The van der Waals surface area contributed by atoms with Gasteiger partial charge in [0.25, 0.3) is 0 Å². The maximum absolute atomic E-state index is 13.6. The zero-order valence-electron chi connectivity index (χ0n) is 14.7. The number of ether oxygens (including phenoxy) is 1. The zero-order chi connectivity index (χ0) is 19.6. The number of benzene rings is 2. The van der Waals surface area contributed by atoms with Crippen LogP contribution in [0.1, 0.15) is 42.1 Å². The number of carbonyl (C=O) groups excluding carboxylic acids is 3. The molecule has 1 saturated carbocycles. The van der Waals surface area contributed by atoms with E-state index >= 15 is 0 Å². The number of hydrogen-bond donors (Lipinski definition) is 0. The Balaban J connectivity index is 1.95. The topological polar surface area (TPSA) is 60.4 Å². The lowest BCUT2D eigenvalue weighted by Crippen LogP contribution is -2.38. The molecule has 0 N–H and O–H groups in total. The highest BCUT2D eigenvalue weighted by molar-refractivity contribution is 9.10. The monoisotopic (exact) mass is 446 g/mol. The van der Waals surface area contributed by atoms with Crippen molar-refractivity contribution < 1.29 is 19.1 Å². The van der Waals surface area contributed by atoms with Crippen LogP contribution in [-0.4, -0.2) is 17.5 Å². The molecule has 4 nitrogen and oxygen atoms in total. The van der Waals surface area contributed by atoms with E-state index in [-0.39, 0.29) is 11.6 Å². The summed E-state index contributed by atoms with van der Waals surface area (Å²) in [6.07, 6.45) is 0.347. The summed E-state index contributed by atoms with van der Waals surface area (Å²) in [7, 11) is 0. The van der Waals surface area contributed by atoms with Gasteiger partial charge < -0.3 is 4.74 Å². The lowest BCUT2D eigenvalue weighted by atomic mass is 9.81. The van der Waals surface area contributed by atoms with Crippen LogP contribution in [-0.2, 0) is 9.59 Å². The number of rotatable bonds is 4. The van der Waals surface area contributed by atoms with Gasteiger partial charge in [0, 0.05) is 26.5 Å². The van der Waals surface area contributed by atoms with Crippen molar-refractivity contribution in [2.75, 3.05) is 0 Å². The molecule has 1 heterocycles. The molecule has 0 amide bonds. The number of carbonyl (C=O) groups is 3. The zero-order valence-corrected chi connectivity index (χ0v) is 17.1. The number of ketones is 2. The van der Waals surface area contributed by atoms with Crippen LogP contribution in [0.3, 0.4) is 0 Å². The van der Waals surface area contributed by atoms with Crippen LogP contribution in [0.25, 0.3) is 0 Å². The molecule has 0 saturated heterocycles. The molecule has 3 atom stereocenters. The molecule has 4 rings (SSSR count). The second-order valence-corrected chi connectivity index (χ2v) is 8.38. The number of Topliss-reactive ketones (excluding diaryl/α,β-unsaturated/α-hetero) is 2. The van der Waals surface area contributed by atoms with Crippen LogP contribution in [0.4, 0.5) is 0 Å². The Labute approximate surface area is 170 Å². The number of fused-ring (bicyclic) bond motifs is 3. The SMILES string of the molecule is CC[C@]1(C(=O)c2ccc(Cl)cc2)[C@H]2c3cc(Br)ccc3OC(=O)[C@@]21C(C)=O. The minimum absolute atomic E-state index is 0.230. The van der Waals surface area contributed by atoms with Gasteiger partial charge in [0.05, 0.1) is 5.41 Å². The van der Waals surface area contributed by atoms with E-state index in [0.717, 1.165) is 4.47 Å². The predicted octanol–water partition coefficient (Wildman–Crippen LogP) is 4.97. The van der Waals surface area contributed by atoms with Gasteiger partial charge in [0.1, 0.15) is 16.9 Å². The van der Waals surface area contributed by atoms with Crippen LogP contribution >= 0.6 is 27.5 Å². The number of hydrogen-bond acceptors (Lipinski definition) is 4. The van der Waals surface area contributed by atoms with Crippen molar-refractivity contribution in [3.8, 4) is 5.75 Å². The minimum Gasteiger partial charge on any atom is -0.425 e. The molecule has 2 aromatic carbocycles. The van der Waals surface area contributed by atoms with Crippen molar-refractivity contribution in [1.82, 2.24) is 0 Å². The molecule has 6 heteroatoms. The summed E-state index contributed by atoms with van der Waals surface area (Å²) < 4.78 is 6.31. The maximum Gasteiger partial charge on any atom is 0.326 e. The molecule has 0 unspecified atom stereocenters. The number of halogens is 2. The summed E-state index contributed by atoms with van der Waals surface area (Å²) >= 11 is 9.37. The van der Waals surface area contributed by atoms with E-state index in [1.807, 2.05) is 13.0 Å². The van der Waals surface area contributed by atoms with Gasteiger partial charge >= 0.3 is 5.97 Å². The lowest BCUT2D eigenvalue weighted by molar-refractivity contribution is -0.148. The number of esters is 1. The van der Waals surface area contributed by atoms with Gasteiger partial charge in [-0.25, -0.2) is 0 Å². The summed E-state index contributed by atoms with van der Waals surface area (Å²) in [6.45, 7) is 3.20. The first kappa shape index (κ1) is 18.4. The highest BCUT2D eigenvalue weighted by Crippen LogP contribution is 2.80. The van der Waals surface area contributed by atoms with Crippen LogP contribution in [0.15, 0.2) is 46.9 Å². The summed E-state index contributed by atoms with van der Waals surface area (Å²) in [4.78, 5) is 39.3. The first-order valence-electron chi connectivity index (χ1n) is 8.63. The molecule has 0 bridgehead atoms. The first-order chi connectivity index (χ1) is 12.8. The summed E-state index contributed by atoms with van der Waals surface area (Å²) in [5, 5.41) is 0.514. The van der Waals surface area contributed by atoms with Crippen molar-refractivity contribution in [2.24, 2.45) is 10.8 Å². The largest absolute Gasteiger partial charge is 0.425 e. The van der Waals surface area contributed by atoms with Gasteiger partial charge in [0.2, 0.25) is 0 Å². The standard InChI is InChI=1S/C21H16BrClO4/c1-3-20(18(25)12-4-7-14(23)8-5-12)17-15-10-13(22)6-9-16(15)27-19(26)21(17,20)11(2)24/h4-10,17H,3H2,1-2H3/t17-,20-,21-/m1/s1. The van der Waals surface area contributed by atoms with Crippen molar-refractivity contribution in [3.63, 3.8) is 0 Å². The Morgan fingerprint density at radius 1 is 1.19 bits per heavy atom. The van der Waals surface area contributed by atoms with Crippen LogP contribution < -0.4 is 4.74 Å². The fourth-order valence-corrected chi connectivity index (χ4v) is 5.33. The van der Waals surface area contributed by atoms with E-state index in [1.54, 1.807) is 36.4 Å². The molecule has 1 aliphatic heterocycles. The van der Waals surface area contributed by atoms with Gasteiger partial charge in [-0.05, 0) is 55.8 Å². The third kappa shape index (κ3) is 2.18. The van der Waals surface area contributed by atoms with E-state index in [2.05, 4.69) is 15.9 Å². The second kappa shape index (κ2) is 6.01. The minimum atomic E-state index is -1.48. The average Bonchev–Trinajstić information content (AvgIpc) is 3.29. The van der Waals surface area contributed by atoms with Gasteiger partial charge in [-0.3, -0.25) is 14.4 Å². The Morgan fingerprint density at radius 2 is 1.85 bits per heavy atom. The molecule has 27 heavy (non-hydrogen) atoms. The lowest BCUT2D eigenvalue weighted by Gasteiger charge is -2.22. The Kier molecular flexibility index (Phi) is 4.09. The van der Waals surface area contributed by atoms with Crippen molar-refractivity contribution in [2.45, 2.75) is 26.2 Å². The summed E-state index contributed by atoms with van der Waals surface area (Å²) in [5.41, 5.74) is -1.49. The fraction of sp³-hybridized carbons (Fsp3) is 0.286. The third-order valence-electron chi connectivity index (χ3n) is 5.98. The molecule has 0 aromatic heterocycles. The molecule has 0 spiro atoms. The van der Waals surface area contributed by atoms with Gasteiger partial charge in [-0.2, -0.15) is 0 Å². The quantitative estimate of drug-likeness (QED) is 0.287. The highest BCUT2D eigenvalue weighted by atomic mass is 79.9. The van der Waals surface area contributed by atoms with Crippen molar-refractivity contribution >= 4 is 45.1 Å². The first-order valence-corrected chi connectivity index (χ1v) is 9.81. The molecule has 1 aliphatic carbocycles. The molecular weight excluding hydrogens is 432 g/mol. The third-order valence-corrected chi connectivity index (χ3v) is 6.72. The summed E-state index contributed by atoms with van der Waals surface area (Å²) in [5.74, 6) is -1.34. The van der Waals surface area contributed by atoms with Gasteiger partial charge in [0.15, 0.2) is 5.78 Å². The molecular formula is C21H16BrClO4. The fourth-order valence-electron chi connectivity index (χ4n) is 4.83. The second-order valence-electron chi connectivity index (χ2n) is 7.03. The summed E-state index contributed by atoms with van der Waals surface area (Å²) in [6, 6.07) is 11.8. The molecule has 1 fully saturated rings. The van der Waals surface area contributed by atoms with E-state index in [1.165, 1.54) is 6.92 Å². The molecule has 0 radical (unpaired) electrons. The highest BCUT2D eigenvalue weighted by Gasteiger charge is 2.87. The van der Waals surface area contributed by atoms with E-state index in [4.69, 9.17) is 16.3 Å². The molecule has 2 aromatic rings. The van der Waals surface area contributed by atoms with E-state index in [0.29, 0.717) is 28.3 Å². The smallest absolute Gasteiger partial charge is 0.326 e. The predicted molar refractivity (Wildman–Crippen MR) is 104 cm³/mol. The van der Waals surface area contributed by atoms with Gasteiger partial charge in [-0.15, -0.1) is 0 Å². The van der Waals surface area contributed by atoms with Crippen LogP contribution in [0, 0.1) is 10.8 Å².